The molecule has 25 heavy (non-hydrogen) atoms. The Balaban J connectivity index is 2.44. The van der Waals surface area contributed by atoms with Crippen LogP contribution in [0.1, 0.15) is 57.6 Å². The van der Waals surface area contributed by atoms with Crippen molar-refractivity contribution in [2.45, 2.75) is 64.8 Å². The van der Waals surface area contributed by atoms with Crippen molar-refractivity contribution in [2.75, 3.05) is 6.54 Å². The molecule has 6 nitrogen and oxygen atoms in total. The van der Waals surface area contributed by atoms with Gasteiger partial charge in [0.15, 0.2) is 5.96 Å². The second-order valence-corrected chi connectivity index (χ2v) is 8.29. The predicted molar refractivity (Wildman–Crippen MR) is 105 cm³/mol. The third kappa shape index (κ3) is 10.1. The highest BCUT2D eigenvalue weighted by Gasteiger charge is 2.12. The van der Waals surface area contributed by atoms with Crippen LogP contribution >= 0.6 is 0 Å². The summed E-state index contributed by atoms with van der Waals surface area (Å²) in [6.45, 7) is 7.12. The standard InChI is InChI=1S/C18H32N4O2S/c1-4-5-6-7-12-20-18(19)21-13-16-8-10-17(11-9-16)14-25(23,24)22-15(2)3/h8-11,15,22H,4-7,12-14H2,1-3H3,(H3,19,20,21). The second kappa shape index (κ2) is 11.1. The van der Waals surface area contributed by atoms with E-state index in [1.54, 1.807) is 13.8 Å². The Bertz CT molecular complexity index is 625. The van der Waals surface area contributed by atoms with E-state index in [-0.39, 0.29) is 11.8 Å². The Morgan fingerprint density at radius 3 is 2.36 bits per heavy atom. The lowest BCUT2D eigenvalue weighted by molar-refractivity contribution is 0.569. The Labute approximate surface area is 152 Å². The first-order valence-corrected chi connectivity index (χ1v) is 10.6. The van der Waals surface area contributed by atoms with Crippen molar-refractivity contribution < 1.29 is 8.42 Å². The third-order valence-corrected chi connectivity index (χ3v) is 5.11. The summed E-state index contributed by atoms with van der Waals surface area (Å²) < 4.78 is 26.4. The van der Waals surface area contributed by atoms with E-state index in [1.165, 1.54) is 19.3 Å². The van der Waals surface area contributed by atoms with Gasteiger partial charge < -0.3 is 11.1 Å². The second-order valence-electron chi connectivity index (χ2n) is 6.54. The van der Waals surface area contributed by atoms with Crippen molar-refractivity contribution >= 4 is 16.0 Å². The lowest BCUT2D eigenvalue weighted by Crippen LogP contribution is -2.32. The Kier molecular flexibility index (Phi) is 9.52. The number of hydrogen-bond donors (Lipinski definition) is 3. The Morgan fingerprint density at radius 2 is 1.76 bits per heavy atom. The summed E-state index contributed by atoms with van der Waals surface area (Å²) in [5.41, 5.74) is 7.59. The molecule has 0 saturated heterocycles. The van der Waals surface area contributed by atoms with Crippen molar-refractivity contribution in [3.63, 3.8) is 0 Å². The van der Waals surface area contributed by atoms with E-state index in [0.717, 1.165) is 24.1 Å². The normalized spacial score (nSPS) is 12.6. The Hall–Kier alpha value is -1.60. The third-order valence-electron chi connectivity index (χ3n) is 3.56. The number of rotatable bonds is 11. The number of sulfonamides is 1. The molecular formula is C18H32N4O2S. The fraction of sp³-hybridized carbons (Fsp3) is 0.611. The maximum atomic E-state index is 11.9. The topological polar surface area (TPSA) is 96.6 Å². The molecule has 142 valence electrons. The van der Waals surface area contributed by atoms with Crippen molar-refractivity contribution in [1.82, 2.24) is 10.0 Å². The van der Waals surface area contributed by atoms with Crippen LogP contribution in [0.5, 0.6) is 0 Å². The van der Waals surface area contributed by atoms with E-state index in [9.17, 15) is 8.42 Å². The highest BCUT2D eigenvalue weighted by Crippen LogP contribution is 2.09. The molecule has 0 aliphatic rings. The summed E-state index contributed by atoms with van der Waals surface area (Å²) in [5, 5.41) is 3.11. The molecule has 0 unspecified atom stereocenters. The van der Waals surface area contributed by atoms with Crippen molar-refractivity contribution in [1.29, 1.82) is 0 Å². The Morgan fingerprint density at radius 1 is 1.12 bits per heavy atom. The lowest BCUT2D eigenvalue weighted by Gasteiger charge is -2.09. The number of nitrogens with two attached hydrogens (primary N) is 1. The van der Waals surface area contributed by atoms with Crippen LogP contribution in [0.15, 0.2) is 29.3 Å². The average molecular weight is 369 g/mol. The first-order valence-electron chi connectivity index (χ1n) is 8.94. The van der Waals surface area contributed by atoms with E-state index in [0.29, 0.717) is 12.5 Å². The van der Waals surface area contributed by atoms with Crippen molar-refractivity contribution in [3.05, 3.63) is 35.4 Å². The number of guanidine groups is 1. The number of nitrogens with zero attached hydrogens (tertiary/aromatic N) is 1. The van der Waals surface area contributed by atoms with Gasteiger partial charge in [0, 0.05) is 12.6 Å². The molecule has 0 amide bonds. The highest BCUT2D eigenvalue weighted by molar-refractivity contribution is 7.88. The van der Waals surface area contributed by atoms with Crippen LogP contribution < -0.4 is 15.8 Å². The van der Waals surface area contributed by atoms with Crippen LogP contribution in [0.3, 0.4) is 0 Å². The molecule has 7 heteroatoms. The minimum atomic E-state index is -3.30. The molecule has 0 atom stereocenters. The number of aliphatic imine (C=N–C) groups is 1. The predicted octanol–water partition coefficient (Wildman–Crippen LogP) is 2.50. The van der Waals surface area contributed by atoms with Gasteiger partial charge in [-0.3, -0.25) is 0 Å². The highest BCUT2D eigenvalue weighted by atomic mass is 32.2. The van der Waals surface area contributed by atoms with E-state index < -0.39 is 10.0 Å². The van der Waals surface area contributed by atoms with Gasteiger partial charge in [0.2, 0.25) is 10.0 Å². The van der Waals surface area contributed by atoms with Crippen LogP contribution in [0.2, 0.25) is 0 Å². The van der Waals surface area contributed by atoms with Gasteiger partial charge in [0.05, 0.1) is 12.3 Å². The lowest BCUT2D eigenvalue weighted by atomic mass is 10.1. The molecule has 0 fully saturated rings. The quantitative estimate of drug-likeness (QED) is 0.318. The maximum absolute atomic E-state index is 11.9. The summed E-state index contributed by atoms with van der Waals surface area (Å²) >= 11 is 0. The van der Waals surface area contributed by atoms with Crippen LogP contribution in [0.4, 0.5) is 0 Å². The molecule has 0 aliphatic heterocycles. The average Bonchev–Trinajstić information content (AvgIpc) is 2.52. The number of benzene rings is 1. The first-order chi connectivity index (χ1) is 11.8. The van der Waals surface area contributed by atoms with Crippen LogP contribution in [0, 0.1) is 0 Å². The van der Waals surface area contributed by atoms with Crippen LogP contribution in [-0.4, -0.2) is 27.0 Å². The van der Waals surface area contributed by atoms with Crippen molar-refractivity contribution in [2.24, 2.45) is 10.7 Å². The zero-order valence-corrected chi connectivity index (χ0v) is 16.4. The van der Waals surface area contributed by atoms with Gasteiger partial charge in [-0.2, -0.15) is 0 Å². The number of unbranched alkanes of at least 4 members (excludes halogenated alkanes) is 3. The first kappa shape index (κ1) is 21.4. The van der Waals surface area contributed by atoms with Gasteiger partial charge in [0.25, 0.3) is 0 Å². The van der Waals surface area contributed by atoms with E-state index in [4.69, 9.17) is 5.73 Å². The zero-order valence-electron chi connectivity index (χ0n) is 15.6. The summed E-state index contributed by atoms with van der Waals surface area (Å²) in [6.07, 6.45) is 4.76. The molecule has 1 aromatic carbocycles. The van der Waals surface area contributed by atoms with Gasteiger partial charge in [-0.15, -0.1) is 0 Å². The molecule has 0 bridgehead atoms. The van der Waals surface area contributed by atoms with E-state index in [2.05, 4.69) is 22.0 Å². The molecule has 0 aromatic heterocycles. The van der Waals surface area contributed by atoms with Gasteiger partial charge >= 0.3 is 0 Å². The molecular weight excluding hydrogens is 336 g/mol. The minimum Gasteiger partial charge on any atom is -0.370 e. The number of hydrogen-bond acceptors (Lipinski definition) is 3. The van der Waals surface area contributed by atoms with Gasteiger partial charge in [-0.25, -0.2) is 18.1 Å². The van der Waals surface area contributed by atoms with Crippen LogP contribution in [0.25, 0.3) is 0 Å². The molecule has 0 radical (unpaired) electrons. The summed E-state index contributed by atoms with van der Waals surface area (Å²) in [4.78, 5) is 4.31. The van der Waals surface area contributed by atoms with Gasteiger partial charge in [0.1, 0.15) is 0 Å². The monoisotopic (exact) mass is 368 g/mol. The molecule has 0 saturated carbocycles. The number of nitrogens with one attached hydrogen (secondary N) is 2. The largest absolute Gasteiger partial charge is 0.370 e. The fourth-order valence-corrected chi connectivity index (χ4v) is 3.79. The molecule has 1 rings (SSSR count). The van der Waals surface area contributed by atoms with Gasteiger partial charge in [-0.1, -0.05) is 50.5 Å². The summed E-state index contributed by atoms with van der Waals surface area (Å²) in [7, 11) is -3.30. The molecule has 0 heterocycles. The van der Waals surface area contributed by atoms with Gasteiger partial charge in [-0.05, 0) is 31.4 Å². The SMILES string of the molecule is CCCCCCNC(N)=NCc1ccc(CS(=O)(=O)NC(C)C)cc1. The maximum Gasteiger partial charge on any atom is 0.216 e. The van der Waals surface area contributed by atoms with Crippen molar-refractivity contribution in [3.8, 4) is 0 Å². The zero-order chi connectivity index (χ0) is 18.7. The van der Waals surface area contributed by atoms with E-state index >= 15 is 0 Å². The summed E-state index contributed by atoms with van der Waals surface area (Å²) in [5.74, 6) is 0.431. The molecule has 4 N–H and O–H groups in total. The summed E-state index contributed by atoms with van der Waals surface area (Å²) in [6, 6.07) is 7.31. The van der Waals surface area contributed by atoms with E-state index in [1.807, 2.05) is 24.3 Å². The fourth-order valence-electron chi connectivity index (χ4n) is 2.36. The molecule has 1 aromatic rings. The molecule has 0 spiro atoms. The minimum absolute atomic E-state index is 0.0177. The van der Waals surface area contributed by atoms with Crippen LogP contribution in [-0.2, 0) is 22.3 Å². The smallest absolute Gasteiger partial charge is 0.216 e. The molecule has 0 aliphatic carbocycles.